The molecule has 0 bridgehead atoms. The van der Waals surface area contributed by atoms with Gasteiger partial charge in [0.2, 0.25) is 0 Å². The van der Waals surface area contributed by atoms with E-state index in [0.29, 0.717) is 17.9 Å². The number of oxime groups is 1. The number of carbonyl (C=O) groups excluding carboxylic acids is 2. The number of rotatable bonds is 7. The summed E-state index contributed by atoms with van der Waals surface area (Å²) in [6, 6.07) is 1.00. The fraction of sp³-hybridized carbons (Fsp3) is 0.250. The molecule has 3 aromatic rings. The molecule has 1 fully saturated rings. The summed E-state index contributed by atoms with van der Waals surface area (Å²) in [5.74, 6) is -2.00. The monoisotopic (exact) mass is 532 g/mol. The molecular weight excluding hydrogens is 514 g/mol. The summed E-state index contributed by atoms with van der Waals surface area (Å²) in [4.78, 5) is 52.3. The van der Waals surface area contributed by atoms with E-state index in [2.05, 4.69) is 20.4 Å². The molecule has 0 spiro atoms. The van der Waals surface area contributed by atoms with Crippen molar-refractivity contribution in [1.82, 2.24) is 20.2 Å². The van der Waals surface area contributed by atoms with Crippen molar-refractivity contribution in [3.05, 3.63) is 46.3 Å². The number of β-lactam (4-membered cyclic amide) rings is 1. The summed E-state index contributed by atoms with van der Waals surface area (Å²) in [5.41, 5.74) is 8.83. The maximum atomic E-state index is 13.0. The third kappa shape index (κ3) is 4.21. The Morgan fingerprint density at radius 3 is 2.97 bits per heavy atom. The minimum atomic E-state index is -1.20. The van der Waals surface area contributed by atoms with E-state index in [1.807, 2.05) is 23.0 Å². The first-order valence-corrected chi connectivity index (χ1v) is 12.9. The van der Waals surface area contributed by atoms with E-state index in [9.17, 15) is 19.5 Å². The SMILES string of the molecule is CO/N=C(\C(=O)NC1C(=O)N2C(C(=O)O)=C(C[n+]3ccc4scnc4c3)CS[C@H]12)c1csc(N)n1. The molecule has 2 aliphatic rings. The quantitative estimate of drug-likeness (QED) is 0.169. The van der Waals surface area contributed by atoms with Crippen LogP contribution in [0.5, 0.6) is 0 Å². The number of fused-ring (bicyclic) bond motifs is 2. The highest BCUT2D eigenvalue weighted by Gasteiger charge is 2.54. The third-order valence-electron chi connectivity index (χ3n) is 5.40. The van der Waals surface area contributed by atoms with Gasteiger partial charge in [-0.15, -0.1) is 34.4 Å². The molecular formula is C20H18N7O5S3+. The summed E-state index contributed by atoms with van der Waals surface area (Å²) in [7, 11) is 1.28. The molecule has 4 N–H and O–H groups in total. The number of aromatic nitrogens is 3. The first-order chi connectivity index (χ1) is 16.9. The van der Waals surface area contributed by atoms with E-state index in [-0.39, 0.29) is 22.2 Å². The molecule has 2 amide bonds. The number of hydrogen-bond acceptors (Lipinski definition) is 11. The van der Waals surface area contributed by atoms with Gasteiger partial charge in [-0.3, -0.25) is 14.5 Å². The molecule has 35 heavy (non-hydrogen) atoms. The van der Waals surface area contributed by atoms with Crippen molar-refractivity contribution in [2.45, 2.75) is 18.0 Å². The number of amides is 2. The van der Waals surface area contributed by atoms with Gasteiger partial charge in [0.15, 0.2) is 29.8 Å². The first kappa shape index (κ1) is 23.2. The van der Waals surface area contributed by atoms with Crippen LogP contribution >= 0.6 is 34.4 Å². The number of nitrogens with one attached hydrogen (secondary N) is 1. The zero-order valence-corrected chi connectivity index (χ0v) is 20.5. The summed E-state index contributed by atoms with van der Waals surface area (Å²) >= 11 is 4.04. The Kier molecular flexibility index (Phi) is 6.12. The van der Waals surface area contributed by atoms with Crippen LogP contribution in [0.1, 0.15) is 5.69 Å². The molecule has 5 heterocycles. The van der Waals surface area contributed by atoms with Crippen LogP contribution < -0.4 is 15.6 Å². The summed E-state index contributed by atoms with van der Waals surface area (Å²) < 4.78 is 2.87. The number of nitrogens with two attached hydrogens (primary N) is 1. The van der Waals surface area contributed by atoms with Crippen LogP contribution in [0.3, 0.4) is 0 Å². The van der Waals surface area contributed by atoms with E-state index in [4.69, 9.17) is 10.6 Å². The van der Waals surface area contributed by atoms with Gasteiger partial charge in [0, 0.05) is 22.8 Å². The standard InChI is InChI=1S/C20H17N7O5S3/c1-32-25-13(11-7-34-20(21)23-11)16(28)24-14-17(29)27-15(19(30)31)9(6-33-18(14)27)4-26-3-2-12-10(5-26)22-8-35-12/h2-3,5,7-8,14,18H,4,6H2,1H3,(H3-,21,23,24,28,30,31)/p+1/b25-13-/t14?,18-/m1/s1. The molecule has 1 unspecified atom stereocenters. The van der Waals surface area contributed by atoms with Gasteiger partial charge in [0.05, 0.1) is 10.2 Å². The highest BCUT2D eigenvalue weighted by Crippen LogP contribution is 2.40. The van der Waals surface area contributed by atoms with Crippen molar-refractivity contribution >= 4 is 73.3 Å². The Morgan fingerprint density at radius 1 is 1.43 bits per heavy atom. The number of nitrogen functional groups attached to an aromatic ring is 1. The van der Waals surface area contributed by atoms with Crippen LogP contribution in [0.15, 0.2) is 45.8 Å². The Bertz CT molecular complexity index is 1410. The third-order valence-corrected chi connectivity index (χ3v) is 8.22. The van der Waals surface area contributed by atoms with Crippen LogP contribution in [0, 0.1) is 0 Å². The second kappa shape index (κ2) is 9.24. The predicted molar refractivity (Wildman–Crippen MR) is 130 cm³/mol. The number of carboxylic acids is 1. The summed E-state index contributed by atoms with van der Waals surface area (Å²) in [6.45, 7) is 0.297. The summed E-state index contributed by atoms with van der Waals surface area (Å²) in [6.07, 6.45) is 3.70. The lowest BCUT2D eigenvalue weighted by Gasteiger charge is -2.49. The normalized spacial score (nSPS) is 20.0. The number of thioether (sulfide) groups is 1. The van der Waals surface area contributed by atoms with Crippen molar-refractivity contribution in [3.63, 3.8) is 0 Å². The minimum absolute atomic E-state index is 0.0619. The van der Waals surface area contributed by atoms with Crippen LogP contribution in [0.4, 0.5) is 5.13 Å². The Balaban J connectivity index is 1.36. The lowest BCUT2D eigenvalue weighted by molar-refractivity contribution is -0.687. The van der Waals surface area contributed by atoms with Crippen LogP contribution in [-0.2, 0) is 25.8 Å². The van der Waals surface area contributed by atoms with Crippen molar-refractivity contribution in [2.75, 3.05) is 18.6 Å². The fourth-order valence-electron chi connectivity index (χ4n) is 3.87. The number of anilines is 1. The predicted octanol–water partition coefficient (Wildman–Crippen LogP) is 0.412. The van der Waals surface area contributed by atoms with Crippen molar-refractivity contribution < 1.29 is 28.9 Å². The van der Waals surface area contributed by atoms with Gasteiger partial charge in [-0.25, -0.2) is 14.8 Å². The lowest BCUT2D eigenvalue weighted by atomic mass is 10.0. The Hall–Kier alpha value is -3.56. The largest absolute Gasteiger partial charge is 0.477 e. The Labute approximate surface area is 210 Å². The topological polar surface area (TPSA) is 164 Å². The average Bonchev–Trinajstić information content (AvgIpc) is 3.48. The van der Waals surface area contributed by atoms with Gasteiger partial charge in [-0.1, -0.05) is 5.16 Å². The smallest absolute Gasteiger partial charge is 0.352 e. The van der Waals surface area contributed by atoms with Gasteiger partial charge in [-0.2, -0.15) is 4.57 Å². The lowest BCUT2D eigenvalue weighted by Crippen LogP contribution is -2.71. The molecule has 0 saturated carbocycles. The Morgan fingerprint density at radius 2 is 2.26 bits per heavy atom. The van der Waals surface area contributed by atoms with Gasteiger partial charge in [0.1, 0.15) is 35.4 Å². The fourth-order valence-corrected chi connectivity index (χ4v) is 6.40. The summed E-state index contributed by atoms with van der Waals surface area (Å²) in [5, 5.41) is 17.5. The van der Waals surface area contributed by atoms with Crippen molar-refractivity contribution in [3.8, 4) is 0 Å². The van der Waals surface area contributed by atoms with Crippen LogP contribution in [0.25, 0.3) is 10.2 Å². The maximum Gasteiger partial charge on any atom is 0.352 e. The zero-order chi connectivity index (χ0) is 24.7. The van der Waals surface area contributed by atoms with Gasteiger partial charge < -0.3 is 21.0 Å². The number of nitrogens with zero attached hydrogens (tertiary/aromatic N) is 5. The number of aliphatic carboxylic acids is 1. The highest BCUT2D eigenvalue weighted by molar-refractivity contribution is 8.00. The second-order valence-corrected chi connectivity index (χ2v) is 10.4. The molecule has 12 nitrogen and oxygen atoms in total. The van der Waals surface area contributed by atoms with E-state index in [1.165, 1.54) is 35.1 Å². The molecule has 1 saturated heterocycles. The van der Waals surface area contributed by atoms with Gasteiger partial charge in [0.25, 0.3) is 11.8 Å². The van der Waals surface area contributed by atoms with Gasteiger partial charge >= 0.3 is 5.97 Å². The van der Waals surface area contributed by atoms with Crippen LogP contribution in [-0.4, -0.2) is 67.7 Å². The molecule has 0 radical (unpaired) electrons. The molecule has 0 aliphatic carbocycles. The second-order valence-electron chi connectivity index (χ2n) is 7.53. The molecule has 5 rings (SSSR count). The van der Waals surface area contributed by atoms with E-state index in [1.54, 1.807) is 10.9 Å². The van der Waals surface area contributed by atoms with Gasteiger partial charge in [-0.05, 0) is 0 Å². The first-order valence-electron chi connectivity index (χ1n) is 10.1. The van der Waals surface area contributed by atoms with E-state index in [0.717, 1.165) is 21.6 Å². The van der Waals surface area contributed by atoms with E-state index < -0.39 is 29.2 Å². The molecule has 3 aromatic heterocycles. The molecule has 15 heteroatoms. The number of pyridine rings is 1. The maximum absolute atomic E-state index is 13.0. The number of thiazole rings is 2. The molecule has 0 aromatic carbocycles. The zero-order valence-electron chi connectivity index (χ0n) is 18.1. The highest BCUT2D eigenvalue weighted by atomic mass is 32.2. The molecule has 2 atom stereocenters. The number of carboxylic acid groups (broad SMARTS) is 1. The van der Waals surface area contributed by atoms with Crippen molar-refractivity contribution in [1.29, 1.82) is 0 Å². The average molecular weight is 533 g/mol. The molecule has 2 aliphatic heterocycles. The van der Waals surface area contributed by atoms with Crippen molar-refractivity contribution in [2.24, 2.45) is 5.16 Å². The molecule has 180 valence electrons. The number of hydrogen-bond donors (Lipinski definition) is 3. The van der Waals surface area contributed by atoms with Crippen LogP contribution in [0.2, 0.25) is 0 Å². The minimum Gasteiger partial charge on any atom is -0.477 e. The number of carbonyl (C=O) groups is 3. The van der Waals surface area contributed by atoms with E-state index >= 15 is 0 Å².